The predicted molar refractivity (Wildman–Crippen MR) is 167 cm³/mol. The van der Waals surface area contributed by atoms with Crippen LogP contribution in [-0.2, 0) is 16.1 Å². The molecule has 2 saturated heterocycles. The highest BCUT2D eigenvalue weighted by molar-refractivity contribution is 6.42. The summed E-state index contributed by atoms with van der Waals surface area (Å²) in [7, 11) is 0. The minimum absolute atomic E-state index is 0.0579. The third-order valence-corrected chi connectivity index (χ3v) is 8.89. The first-order valence-electron chi connectivity index (χ1n) is 14.7. The molecule has 0 aromatic heterocycles. The molecule has 8 heteroatoms. The van der Waals surface area contributed by atoms with E-state index in [2.05, 4.69) is 48.8 Å². The number of nitrogens with zero attached hydrogens (tertiary/aromatic N) is 3. The molecule has 0 spiro atoms. The number of amides is 2. The number of halogens is 2. The number of piperidine rings is 1. The quantitative estimate of drug-likeness (QED) is 0.351. The number of piperazine rings is 1. The van der Waals surface area contributed by atoms with Crippen molar-refractivity contribution < 1.29 is 14.3 Å². The zero-order valence-electron chi connectivity index (χ0n) is 25.4. The molecule has 2 aromatic rings. The van der Waals surface area contributed by atoms with Crippen molar-refractivity contribution in [2.45, 2.75) is 79.0 Å². The lowest BCUT2D eigenvalue weighted by Crippen LogP contribution is -2.59. The van der Waals surface area contributed by atoms with Crippen LogP contribution in [0.15, 0.2) is 42.5 Å². The number of rotatable bonds is 5. The van der Waals surface area contributed by atoms with Crippen molar-refractivity contribution in [3.05, 3.63) is 58.1 Å². The number of hydrogen-bond donors (Lipinski definition) is 0. The van der Waals surface area contributed by atoms with Crippen molar-refractivity contribution >= 4 is 35.2 Å². The second-order valence-corrected chi connectivity index (χ2v) is 14.4. The topological polar surface area (TPSA) is 53.1 Å². The van der Waals surface area contributed by atoms with E-state index in [-0.39, 0.29) is 29.4 Å². The molecule has 2 fully saturated rings. The van der Waals surface area contributed by atoms with Crippen LogP contribution in [0.5, 0.6) is 0 Å². The zero-order valence-corrected chi connectivity index (χ0v) is 26.9. The summed E-state index contributed by atoms with van der Waals surface area (Å²) in [5.41, 5.74) is 2.87. The maximum atomic E-state index is 13.7. The van der Waals surface area contributed by atoms with E-state index < -0.39 is 5.60 Å². The fourth-order valence-corrected chi connectivity index (χ4v) is 6.18. The Labute approximate surface area is 255 Å². The minimum Gasteiger partial charge on any atom is -0.444 e. The van der Waals surface area contributed by atoms with Crippen molar-refractivity contribution in [2.75, 3.05) is 32.7 Å². The summed E-state index contributed by atoms with van der Waals surface area (Å²) in [6.45, 7) is 16.8. The van der Waals surface area contributed by atoms with Gasteiger partial charge in [-0.25, -0.2) is 4.79 Å². The van der Waals surface area contributed by atoms with Gasteiger partial charge in [0.15, 0.2) is 0 Å². The van der Waals surface area contributed by atoms with Gasteiger partial charge in [-0.1, -0.05) is 74.3 Å². The number of carbonyl (C=O) groups is 2. The summed E-state index contributed by atoms with van der Waals surface area (Å²) >= 11 is 12.5. The average Bonchev–Trinajstić information content (AvgIpc) is 2.89. The lowest BCUT2D eigenvalue weighted by Gasteiger charge is -2.48. The van der Waals surface area contributed by atoms with Crippen LogP contribution in [-0.4, -0.2) is 71.1 Å². The van der Waals surface area contributed by atoms with E-state index in [4.69, 9.17) is 27.9 Å². The van der Waals surface area contributed by atoms with E-state index in [0.29, 0.717) is 36.1 Å². The predicted octanol–water partition coefficient (Wildman–Crippen LogP) is 7.76. The van der Waals surface area contributed by atoms with Crippen LogP contribution in [0.2, 0.25) is 10.0 Å². The van der Waals surface area contributed by atoms with Crippen molar-refractivity contribution in [1.29, 1.82) is 0 Å². The van der Waals surface area contributed by atoms with Gasteiger partial charge in [0, 0.05) is 51.7 Å². The van der Waals surface area contributed by atoms with Crippen LogP contribution in [0, 0.1) is 11.3 Å². The number of ether oxygens (including phenoxy) is 1. The van der Waals surface area contributed by atoms with Crippen LogP contribution < -0.4 is 0 Å². The van der Waals surface area contributed by atoms with Crippen molar-refractivity contribution in [2.24, 2.45) is 11.3 Å². The first kappa shape index (κ1) is 31.7. The van der Waals surface area contributed by atoms with Crippen molar-refractivity contribution in [1.82, 2.24) is 14.7 Å². The molecule has 6 nitrogen and oxygen atoms in total. The van der Waals surface area contributed by atoms with Gasteiger partial charge in [0.05, 0.1) is 10.0 Å². The Morgan fingerprint density at radius 1 is 0.902 bits per heavy atom. The highest BCUT2D eigenvalue weighted by Gasteiger charge is 2.39. The number of hydrogen-bond acceptors (Lipinski definition) is 4. The number of likely N-dealkylation sites (tertiary alicyclic amines) is 1. The molecule has 4 rings (SSSR count). The van der Waals surface area contributed by atoms with E-state index in [0.717, 1.165) is 43.6 Å². The minimum atomic E-state index is -0.500. The molecule has 0 N–H and O–H groups in total. The lowest BCUT2D eigenvalue weighted by atomic mass is 9.83. The summed E-state index contributed by atoms with van der Waals surface area (Å²) in [5, 5.41) is 1.10. The normalized spacial score (nSPS) is 19.4. The maximum Gasteiger partial charge on any atom is 0.410 e. The molecule has 0 bridgehead atoms. The number of carbonyl (C=O) groups excluding carboxylic acids is 2. The monoisotopic (exact) mass is 601 g/mol. The van der Waals surface area contributed by atoms with Gasteiger partial charge >= 0.3 is 6.09 Å². The zero-order chi connectivity index (χ0) is 29.9. The van der Waals surface area contributed by atoms with Gasteiger partial charge in [-0.15, -0.1) is 0 Å². The Kier molecular flexibility index (Phi) is 9.98. The SMILES string of the molecule is CC(C)(C)OC(=O)N1CCC(CC(=O)N2CCN(Cc3ccccc3-c3ccc(Cl)c(Cl)c3)C[C@@H]2C(C)(C)C)CC1. The fraction of sp³-hybridized carbons (Fsp3) is 0.576. The van der Waals surface area contributed by atoms with Crippen molar-refractivity contribution in [3.8, 4) is 11.1 Å². The summed E-state index contributed by atoms with van der Waals surface area (Å²) in [6, 6.07) is 14.3. The molecule has 2 aromatic carbocycles. The largest absolute Gasteiger partial charge is 0.444 e. The molecular formula is C33H45Cl2N3O3. The van der Waals surface area contributed by atoms with Crippen LogP contribution in [0.25, 0.3) is 11.1 Å². The van der Waals surface area contributed by atoms with Crippen LogP contribution >= 0.6 is 23.2 Å². The summed E-state index contributed by atoms with van der Waals surface area (Å²) in [4.78, 5) is 32.5. The first-order valence-corrected chi connectivity index (χ1v) is 15.5. The average molecular weight is 603 g/mol. The smallest absolute Gasteiger partial charge is 0.410 e. The van der Waals surface area contributed by atoms with Gasteiger partial charge in [-0.05, 0) is 73.8 Å². The molecule has 0 unspecified atom stereocenters. The van der Waals surface area contributed by atoms with Gasteiger partial charge in [-0.2, -0.15) is 0 Å². The van der Waals surface area contributed by atoms with Crippen LogP contribution in [0.1, 0.15) is 66.4 Å². The van der Waals surface area contributed by atoms with Crippen molar-refractivity contribution in [3.63, 3.8) is 0 Å². The van der Waals surface area contributed by atoms with E-state index in [1.807, 2.05) is 45.0 Å². The van der Waals surface area contributed by atoms with Gasteiger partial charge in [-0.3, -0.25) is 9.69 Å². The van der Waals surface area contributed by atoms with E-state index in [1.165, 1.54) is 5.56 Å². The molecule has 224 valence electrons. The molecule has 2 aliphatic heterocycles. The molecular weight excluding hydrogens is 557 g/mol. The highest BCUT2D eigenvalue weighted by atomic mass is 35.5. The van der Waals surface area contributed by atoms with Gasteiger partial charge < -0.3 is 14.5 Å². The molecule has 41 heavy (non-hydrogen) atoms. The molecule has 2 aliphatic rings. The lowest BCUT2D eigenvalue weighted by molar-refractivity contribution is -0.141. The standard InChI is InChI=1S/C33H45Cl2N3O3/c1-32(2,3)29-22-36(21-25-9-7-8-10-26(25)24-11-12-27(34)28(35)20-24)17-18-38(29)30(39)19-23-13-15-37(16-14-23)31(40)41-33(4,5)6/h7-12,20,23,29H,13-19,21-22H2,1-6H3/t29-/m1/s1. The second-order valence-electron chi connectivity index (χ2n) is 13.6. The molecule has 0 saturated carbocycles. The Morgan fingerprint density at radius 3 is 2.22 bits per heavy atom. The van der Waals surface area contributed by atoms with Gasteiger partial charge in [0.2, 0.25) is 5.91 Å². The molecule has 0 aliphatic carbocycles. The Bertz CT molecular complexity index is 1230. The Hall–Kier alpha value is -2.28. The molecule has 0 radical (unpaired) electrons. The van der Waals surface area contributed by atoms with E-state index >= 15 is 0 Å². The number of benzene rings is 2. The third kappa shape index (κ3) is 8.39. The summed E-state index contributed by atoms with van der Waals surface area (Å²) in [6.07, 6.45) is 1.94. The molecule has 2 amide bonds. The Balaban J connectivity index is 1.38. The summed E-state index contributed by atoms with van der Waals surface area (Å²) in [5.74, 6) is 0.523. The third-order valence-electron chi connectivity index (χ3n) is 8.16. The van der Waals surface area contributed by atoms with E-state index in [9.17, 15) is 9.59 Å². The Morgan fingerprint density at radius 2 is 1.59 bits per heavy atom. The summed E-state index contributed by atoms with van der Waals surface area (Å²) < 4.78 is 5.53. The van der Waals surface area contributed by atoms with Crippen LogP contribution in [0.3, 0.4) is 0 Å². The van der Waals surface area contributed by atoms with E-state index in [1.54, 1.807) is 4.90 Å². The second kappa shape index (κ2) is 12.9. The van der Waals surface area contributed by atoms with Gasteiger partial charge in [0.25, 0.3) is 0 Å². The van der Waals surface area contributed by atoms with Gasteiger partial charge in [0.1, 0.15) is 5.60 Å². The first-order chi connectivity index (χ1) is 19.2. The fourth-order valence-electron chi connectivity index (χ4n) is 5.88. The maximum absolute atomic E-state index is 13.7. The highest BCUT2D eigenvalue weighted by Crippen LogP contribution is 2.34. The molecule has 1 atom stereocenters. The molecule has 2 heterocycles. The van der Waals surface area contributed by atoms with Crippen LogP contribution in [0.4, 0.5) is 4.79 Å².